The molecule has 0 heterocycles. The highest BCUT2D eigenvalue weighted by atomic mass is 16.5. The molecule has 0 bridgehead atoms. The third-order valence-electron chi connectivity index (χ3n) is 2.58. The molecule has 0 saturated heterocycles. The van der Waals surface area contributed by atoms with Gasteiger partial charge in [0.2, 0.25) is 0 Å². The molecule has 0 radical (unpaired) electrons. The Morgan fingerprint density at radius 3 is 2.44 bits per heavy atom. The van der Waals surface area contributed by atoms with Crippen molar-refractivity contribution in [2.45, 2.75) is 32.0 Å². The minimum absolute atomic E-state index is 0.241. The summed E-state index contributed by atoms with van der Waals surface area (Å²) in [5.74, 6) is 0. The molecule has 16 heavy (non-hydrogen) atoms. The van der Waals surface area contributed by atoms with E-state index in [1.165, 1.54) is 0 Å². The van der Waals surface area contributed by atoms with Gasteiger partial charge in [-0.3, -0.25) is 0 Å². The predicted octanol–water partition coefficient (Wildman–Crippen LogP) is 3.09. The Bertz CT molecular complexity index is 306. The molecule has 0 aliphatic carbocycles. The van der Waals surface area contributed by atoms with Crippen molar-refractivity contribution in [2.24, 2.45) is 0 Å². The number of hydrogen-bond donors (Lipinski definition) is 1. The van der Waals surface area contributed by atoms with E-state index in [0.29, 0.717) is 6.42 Å². The number of ether oxygens (including phenoxy) is 1. The Balaban J connectivity index is 2.33. The molecule has 0 amide bonds. The average molecular weight is 220 g/mol. The summed E-state index contributed by atoms with van der Waals surface area (Å²) >= 11 is 0. The maximum atomic E-state index is 9.86. The lowest BCUT2D eigenvalue weighted by Gasteiger charge is -2.08. The molecule has 2 nitrogen and oxygen atoms in total. The summed E-state index contributed by atoms with van der Waals surface area (Å²) in [5.41, 5.74) is 0.965. The van der Waals surface area contributed by atoms with Gasteiger partial charge < -0.3 is 9.84 Å². The first-order chi connectivity index (χ1) is 7.74. The SMILES string of the molecule is CO[C@@H](C)C/C=C\C[C@H](O)c1ccccc1. The molecular weight excluding hydrogens is 200 g/mol. The van der Waals surface area contributed by atoms with Gasteiger partial charge in [0.25, 0.3) is 0 Å². The Morgan fingerprint density at radius 1 is 1.19 bits per heavy atom. The Morgan fingerprint density at radius 2 is 1.81 bits per heavy atom. The van der Waals surface area contributed by atoms with Gasteiger partial charge in [-0.2, -0.15) is 0 Å². The lowest BCUT2D eigenvalue weighted by atomic mass is 10.1. The standard InChI is InChI=1S/C14H20O2/c1-12(16-2)8-6-7-11-14(15)13-9-4-3-5-10-13/h3-7,9-10,12,14-15H,8,11H2,1-2H3/b7-6-/t12-,14-/m0/s1. The van der Waals surface area contributed by atoms with Gasteiger partial charge in [-0.1, -0.05) is 42.5 Å². The van der Waals surface area contributed by atoms with Crippen molar-refractivity contribution in [3.63, 3.8) is 0 Å². The fraction of sp³-hybridized carbons (Fsp3) is 0.429. The van der Waals surface area contributed by atoms with Crippen molar-refractivity contribution >= 4 is 0 Å². The Hall–Kier alpha value is -1.12. The molecule has 0 aliphatic heterocycles. The number of benzene rings is 1. The van der Waals surface area contributed by atoms with E-state index in [4.69, 9.17) is 4.74 Å². The van der Waals surface area contributed by atoms with Crippen LogP contribution in [0.3, 0.4) is 0 Å². The third-order valence-corrected chi connectivity index (χ3v) is 2.58. The molecule has 2 heteroatoms. The van der Waals surface area contributed by atoms with Crippen LogP contribution in [0.15, 0.2) is 42.5 Å². The number of hydrogen-bond acceptors (Lipinski definition) is 2. The summed E-state index contributed by atoms with van der Waals surface area (Å²) < 4.78 is 5.13. The van der Waals surface area contributed by atoms with Crippen molar-refractivity contribution < 1.29 is 9.84 Å². The molecule has 0 spiro atoms. The molecule has 1 rings (SSSR count). The Labute approximate surface area is 97.6 Å². The van der Waals surface area contributed by atoms with Gasteiger partial charge in [-0.25, -0.2) is 0 Å². The molecule has 0 fully saturated rings. The van der Waals surface area contributed by atoms with Crippen LogP contribution >= 0.6 is 0 Å². The highest BCUT2D eigenvalue weighted by Gasteiger charge is 2.03. The molecule has 0 aliphatic rings. The zero-order chi connectivity index (χ0) is 11.8. The van der Waals surface area contributed by atoms with Gasteiger partial charge in [0.05, 0.1) is 12.2 Å². The fourth-order valence-corrected chi connectivity index (χ4v) is 1.42. The molecule has 88 valence electrons. The number of aliphatic hydroxyl groups is 1. The predicted molar refractivity (Wildman–Crippen MR) is 66.2 cm³/mol. The molecular formula is C14H20O2. The van der Waals surface area contributed by atoms with Crippen LogP contribution in [0.5, 0.6) is 0 Å². The summed E-state index contributed by atoms with van der Waals surface area (Å²) in [6.45, 7) is 2.03. The first kappa shape index (κ1) is 12.9. The van der Waals surface area contributed by atoms with Gasteiger partial charge in [-0.15, -0.1) is 0 Å². The number of aliphatic hydroxyl groups excluding tert-OH is 1. The van der Waals surface area contributed by atoms with Gasteiger partial charge >= 0.3 is 0 Å². The molecule has 2 atom stereocenters. The van der Waals surface area contributed by atoms with Crippen LogP contribution in [0.25, 0.3) is 0 Å². The van der Waals surface area contributed by atoms with Gasteiger partial charge in [0, 0.05) is 7.11 Å². The van der Waals surface area contributed by atoms with Crippen LogP contribution in [-0.4, -0.2) is 18.3 Å². The first-order valence-electron chi connectivity index (χ1n) is 5.65. The third kappa shape index (κ3) is 4.60. The van der Waals surface area contributed by atoms with Gasteiger partial charge in [-0.05, 0) is 25.3 Å². The van der Waals surface area contributed by atoms with Crippen molar-refractivity contribution in [3.8, 4) is 0 Å². The van der Waals surface area contributed by atoms with Crippen molar-refractivity contribution in [3.05, 3.63) is 48.0 Å². The van der Waals surface area contributed by atoms with Crippen LogP contribution in [0.4, 0.5) is 0 Å². The van der Waals surface area contributed by atoms with Crippen LogP contribution in [0.1, 0.15) is 31.4 Å². The molecule has 0 unspecified atom stereocenters. The molecule has 1 N–H and O–H groups in total. The molecule has 0 saturated carbocycles. The Kier molecular flexibility index (Phi) is 5.83. The average Bonchev–Trinajstić information content (AvgIpc) is 2.35. The minimum atomic E-state index is -0.407. The number of methoxy groups -OCH3 is 1. The van der Waals surface area contributed by atoms with Crippen molar-refractivity contribution in [2.75, 3.05) is 7.11 Å². The second-order valence-corrected chi connectivity index (χ2v) is 3.92. The normalized spacial score (nSPS) is 15.2. The summed E-state index contributed by atoms with van der Waals surface area (Å²) in [4.78, 5) is 0. The summed E-state index contributed by atoms with van der Waals surface area (Å²) in [6, 6.07) is 9.71. The van der Waals surface area contributed by atoms with E-state index in [1.807, 2.05) is 43.3 Å². The quantitative estimate of drug-likeness (QED) is 0.746. The van der Waals surface area contributed by atoms with Crippen LogP contribution in [0, 0.1) is 0 Å². The second kappa shape index (κ2) is 7.20. The molecule has 1 aromatic carbocycles. The van der Waals surface area contributed by atoms with Gasteiger partial charge in [0.15, 0.2) is 0 Å². The van der Waals surface area contributed by atoms with Crippen LogP contribution in [0.2, 0.25) is 0 Å². The maximum Gasteiger partial charge on any atom is 0.0824 e. The highest BCUT2D eigenvalue weighted by Crippen LogP contribution is 2.16. The summed E-state index contributed by atoms with van der Waals surface area (Å²) in [6.07, 6.45) is 5.44. The van der Waals surface area contributed by atoms with E-state index < -0.39 is 6.10 Å². The zero-order valence-electron chi connectivity index (χ0n) is 9.97. The van der Waals surface area contributed by atoms with E-state index in [1.54, 1.807) is 7.11 Å². The van der Waals surface area contributed by atoms with Gasteiger partial charge in [0.1, 0.15) is 0 Å². The molecule has 1 aromatic rings. The van der Waals surface area contributed by atoms with Crippen molar-refractivity contribution in [1.82, 2.24) is 0 Å². The zero-order valence-corrected chi connectivity index (χ0v) is 9.97. The van der Waals surface area contributed by atoms with E-state index in [-0.39, 0.29) is 6.10 Å². The number of rotatable bonds is 6. The highest BCUT2D eigenvalue weighted by molar-refractivity contribution is 5.17. The van der Waals surface area contributed by atoms with Crippen molar-refractivity contribution in [1.29, 1.82) is 0 Å². The van der Waals surface area contributed by atoms with E-state index in [9.17, 15) is 5.11 Å². The van der Waals surface area contributed by atoms with E-state index in [2.05, 4.69) is 6.08 Å². The van der Waals surface area contributed by atoms with Crippen LogP contribution < -0.4 is 0 Å². The lowest BCUT2D eigenvalue weighted by molar-refractivity contribution is 0.121. The summed E-state index contributed by atoms with van der Waals surface area (Å²) in [5, 5.41) is 9.86. The second-order valence-electron chi connectivity index (χ2n) is 3.92. The topological polar surface area (TPSA) is 29.5 Å². The first-order valence-corrected chi connectivity index (χ1v) is 5.65. The lowest BCUT2D eigenvalue weighted by Crippen LogP contribution is -2.02. The fourth-order valence-electron chi connectivity index (χ4n) is 1.42. The molecule has 0 aromatic heterocycles. The monoisotopic (exact) mass is 220 g/mol. The van der Waals surface area contributed by atoms with E-state index in [0.717, 1.165) is 12.0 Å². The largest absolute Gasteiger partial charge is 0.388 e. The minimum Gasteiger partial charge on any atom is -0.388 e. The van der Waals surface area contributed by atoms with E-state index >= 15 is 0 Å². The smallest absolute Gasteiger partial charge is 0.0824 e. The maximum absolute atomic E-state index is 9.86. The van der Waals surface area contributed by atoms with Crippen LogP contribution in [-0.2, 0) is 4.74 Å². The summed E-state index contributed by atoms with van der Waals surface area (Å²) in [7, 11) is 1.71.